The van der Waals surface area contributed by atoms with Crippen molar-refractivity contribution in [3.05, 3.63) is 30.3 Å². The quantitative estimate of drug-likeness (QED) is 0.686. The van der Waals surface area contributed by atoms with Crippen molar-refractivity contribution in [1.82, 2.24) is 0 Å². The van der Waals surface area contributed by atoms with Crippen molar-refractivity contribution in [2.45, 2.75) is 13.1 Å². The molecule has 1 rings (SSSR count). The molecule has 0 radical (unpaired) electrons. The van der Waals surface area contributed by atoms with Gasteiger partial charge in [-0.3, -0.25) is 0 Å². The third-order valence-corrected chi connectivity index (χ3v) is 6.31. The van der Waals surface area contributed by atoms with Crippen LogP contribution in [0.25, 0.3) is 0 Å². The Morgan fingerprint density at radius 3 is 2.31 bits per heavy atom. The molecule has 0 fully saturated rings. The van der Waals surface area contributed by atoms with E-state index in [1.165, 1.54) is 0 Å². The van der Waals surface area contributed by atoms with E-state index in [4.69, 9.17) is 8.91 Å². The minimum Gasteiger partial charge on any atom is -0.414 e. The molecular formula is C8H14O3Si2. The van der Waals surface area contributed by atoms with Crippen LogP contribution in [0.5, 0.6) is 0 Å². The highest BCUT2D eigenvalue weighted by atomic mass is 28.4. The van der Waals surface area contributed by atoms with Crippen LogP contribution in [0.2, 0.25) is 13.1 Å². The zero-order valence-corrected chi connectivity index (χ0v) is 9.92. The van der Waals surface area contributed by atoms with Gasteiger partial charge >= 0.3 is 17.8 Å². The largest absolute Gasteiger partial charge is 0.414 e. The highest BCUT2D eigenvalue weighted by Gasteiger charge is 2.31. The van der Waals surface area contributed by atoms with Gasteiger partial charge in [-0.1, -0.05) is 30.3 Å². The summed E-state index contributed by atoms with van der Waals surface area (Å²) in [5.41, 5.74) is 0. The first-order valence-corrected chi connectivity index (χ1v) is 8.66. The molecule has 1 aromatic carbocycles. The topological polar surface area (TPSA) is 49.7 Å². The van der Waals surface area contributed by atoms with Crippen LogP contribution in [0.1, 0.15) is 0 Å². The fraction of sp³-hybridized carbons (Fsp3) is 0.250. The third kappa shape index (κ3) is 3.05. The smallest absolute Gasteiger partial charge is 0.357 e. The molecule has 0 aliphatic heterocycles. The number of hydrogen-bond acceptors (Lipinski definition) is 3. The summed E-state index contributed by atoms with van der Waals surface area (Å²) in [6, 6.07) is 9.23. The van der Waals surface area contributed by atoms with Gasteiger partial charge in [0.25, 0.3) is 0 Å². The van der Waals surface area contributed by atoms with Crippen LogP contribution in [0, 0.1) is 0 Å². The number of benzene rings is 1. The van der Waals surface area contributed by atoms with Crippen molar-refractivity contribution in [3.63, 3.8) is 0 Å². The second-order valence-corrected chi connectivity index (χ2v) is 7.75. The van der Waals surface area contributed by atoms with Gasteiger partial charge in [0.1, 0.15) is 0 Å². The number of rotatable bonds is 3. The van der Waals surface area contributed by atoms with E-state index < -0.39 is 17.8 Å². The summed E-state index contributed by atoms with van der Waals surface area (Å²) in [6.07, 6.45) is 0. The van der Waals surface area contributed by atoms with Crippen molar-refractivity contribution in [3.8, 4) is 0 Å². The minimum atomic E-state index is -2.83. The van der Waals surface area contributed by atoms with Crippen LogP contribution in [0.3, 0.4) is 0 Å². The molecule has 0 spiro atoms. The predicted octanol–water partition coefficient (Wildman–Crippen LogP) is -0.183. The second kappa shape index (κ2) is 4.16. The van der Waals surface area contributed by atoms with Crippen LogP contribution in [0.4, 0.5) is 0 Å². The van der Waals surface area contributed by atoms with Crippen molar-refractivity contribution >= 4 is 23.0 Å². The van der Waals surface area contributed by atoms with Gasteiger partial charge in [-0.05, 0) is 18.3 Å². The Kier molecular flexibility index (Phi) is 3.40. The standard InChI is InChI=1S/C8H14O3Si2/c1-12(9)11-13(2,10)8-6-4-3-5-7-8/h3-7,9-10,12H,1-2H3. The Hall–Kier alpha value is -0.466. The molecule has 0 saturated carbocycles. The van der Waals surface area contributed by atoms with Gasteiger partial charge in [-0.2, -0.15) is 0 Å². The molecule has 0 amide bonds. The molecule has 0 saturated heterocycles. The van der Waals surface area contributed by atoms with E-state index in [9.17, 15) is 4.80 Å². The van der Waals surface area contributed by atoms with Crippen LogP contribution in [-0.4, -0.2) is 27.4 Å². The highest BCUT2D eigenvalue weighted by molar-refractivity contribution is 6.82. The summed E-state index contributed by atoms with van der Waals surface area (Å²) in [4.78, 5) is 19.1. The Bertz CT molecular complexity index is 261. The first kappa shape index (κ1) is 10.6. The Morgan fingerprint density at radius 1 is 1.31 bits per heavy atom. The molecule has 1 aromatic rings. The van der Waals surface area contributed by atoms with Crippen molar-refractivity contribution < 1.29 is 13.7 Å². The molecule has 3 nitrogen and oxygen atoms in total. The SMILES string of the molecule is C[SiH](O)O[Si](C)(O)c1ccccc1. The lowest BCUT2D eigenvalue weighted by atomic mass is 10.4. The minimum absolute atomic E-state index is 0.795. The summed E-state index contributed by atoms with van der Waals surface area (Å²) in [6.45, 7) is 3.30. The fourth-order valence-electron chi connectivity index (χ4n) is 1.15. The van der Waals surface area contributed by atoms with E-state index in [0.29, 0.717) is 0 Å². The summed E-state index contributed by atoms with van der Waals surface area (Å²) in [5, 5.41) is 0.795. The second-order valence-electron chi connectivity index (χ2n) is 3.07. The van der Waals surface area contributed by atoms with Crippen LogP contribution in [-0.2, 0) is 4.12 Å². The van der Waals surface area contributed by atoms with Gasteiger partial charge in [-0.25, -0.2) is 0 Å². The van der Waals surface area contributed by atoms with E-state index in [-0.39, 0.29) is 0 Å². The molecule has 13 heavy (non-hydrogen) atoms. The average Bonchev–Trinajstić information content (AvgIpc) is 2.04. The zero-order valence-electron chi connectivity index (χ0n) is 7.77. The number of hydrogen-bond donors (Lipinski definition) is 2. The monoisotopic (exact) mass is 214 g/mol. The summed E-state index contributed by atoms with van der Waals surface area (Å²) in [7, 11) is -4.98. The molecule has 0 aliphatic carbocycles. The maximum absolute atomic E-state index is 9.95. The van der Waals surface area contributed by atoms with Gasteiger partial charge in [-0.15, -0.1) is 0 Å². The molecule has 2 unspecified atom stereocenters. The lowest BCUT2D eigenvalue weighted by Gasteiger charge is -2.22. The van der Waals surface area contributed by atoms with Crippen LogP contribution >= 0.6 is 0 Å². The molecular weight excluding hydrogens is 200 g/mol. The lowest BCUT2D eigenvalue weighted by molar-refractivity contribution is 0.350. The highest BCUT2D eigenvalue weighted by Crippen LogP contribution is 2.02. The van der Waals surface area contributed by atoms with Crippen molar-refractivity contribution in [2.24, 2.45) is 0 Å². The fourth-order valence-corrected chi connectivity index (χ4v) is 5.16. The van der Waals surface area contributed by atoms with Crippen LogP contribution < -0.4 is 5.19 Å². The Balaban J connectivity index is 2.81. The van der Waals surface area contributed by atoms with Gasteiger partial charge in [0.15, 0.2) is 0 Å². The maximum Gasteiger partial charge on any atom is 0.357 e. The Morgan fingerprint density at radius 2 is 1.85 bits per heavy atom. The summed E-state index contributed by atoms with van der Waals surface area (Å²) < 4.78 is 5.21. The molecule has 2 atom stereocenters. The molecule has 2 N–H and O–H groups in total. The molecule has 0 aromatic heterocycles. The van der Waals surface area contributed by atoms with E-state index in [0.717, 1.165) is 5.19 Å². The summed E-state index contributed by atoms with van der Waals surface area (Å²) in [5.74, 6) is 0. The predicted molar refractivity (Wildman–Crippen MR) is 56.2 cm³/mol. The molecule has 0 bridgehead atoms. The lowest BCUT2D eigenvalue weighted by Crippen LogP contribution is -2.51. The van der Waals surface area contributed by atoms with Crippen LogP contribution in [0.15, 0.2) is 30.3 Å². The van der Waals surface area contributed by atoms with E-state index in [2.05, 4.69) is 0 Å². The third-order valence-electron chi connectivity index (χ3n) is 1.71. The average molecular weight is 214 g/mol. The zero-order chi connectivity index (χ0) is 9.90. The first-order valence-electron chi connectivity index (χ1n) is 4.16. The van der Waals surface area contributed by atoms with E-state index in [1.54, 1.807) is 13.1 Å². The van der Waals surface area contributed by atoms with Gasteiger partial charge in [0, 0.05) is 0 Å². The molecule has 0 heterocycles. The van der Waals surface area contributed by atoms with Gasteiger partial charge in [0.2, 0.25) is 0 Å². The van der Waals surface area contributed by atoms with E-state index >= 15 is 0 Å². The normalized spacial score (nSPS) is 17.8. The first-order chi connectivity index (χ1) is 6.02. The van der Waals surface area contributed by atoms with Crippen molar-refractivity contribution in [2.75, 3.05) is 0 Å². The molecule has 72 valence electrons. The summed E-state index contributed by atoms with van der Waals surface area (Å²) >= 11 is 0. The maximum atomic E-state index is 9.95. The van der Waals surface area contributed by atoms with E-state index in [1.807, 2.05) is 30.3 Å². The van der Waals surface area contributed by atoms with Gasteiger partial charge < -0.3 is 13.7 Å². The van der Waals surface area contributed by atoms with Gasteiger partial charge in [0.05, 0.1) is 0 Å². The Labute approximate surface area is 80.7 Å². The molecule has 5 heteroatoms. The molecule has 0 aliphatic rings. The van der Waals surface area contributed by atoms with Crippen molar-refractivity contribution in [1.29, 1.82) is 0 Å².